The van der Waals surface area contributed by atoms with Gasteiger partial charge in [0.15, 0.2) is 0 Å². The maximum absolute atomic E-state index is 12.7. The summed E-state index contributed by atoms with van der Waals surface area (Å²) in [6.45, 7) is 4.58. The number of carbonyl (C=O) groups is 2. The smallest absolute Gasteiger partial charge is 0.229 e. The van der Waals surface area contributed by atoms with Crippen LogP contribution in [0.3, 0.4) is 0 Å². The van der Waals surface area contributed by atoms with E-state index in [9.17, 15) is 9.59 Å². The van der Waals surface area contributed by atoms with E-state index < -0.39 is 0 Å². The van der Waals surface area contributed by atoms with Crippen LogP contribution in [-0.2, 0) is 9.59 Å². The molecule has 0 unspecified atom stereocenters. The van der Waals surface area contributed by atoms with Crippen molar-refractivity contribution >= 4 is 23.2 Å². The number of carbonyl (C=O) groups excluding carboxylic acids is 2. The summed E-state index contributed by atoms with van der Waals surface area (Å²) in [7, 11) is 1.60. The molecule has 2 aromatic rings. The van der Waals surface area contributed by atoms with Crippen molar-refractivity contribution in [2.45, 2.75) is 26.2 Å². The molecular formula is C21H24N2O3. The predicted octanol–water partition coefficient (Wildman–Crippen LogP) is 3.81. The lowest BCUT2D eigenvalue weighted by Crippen LogP contribution is -2.28. The van der Waals surface area contributed by atoms with Gasteiger partial charge in [-0.15, -0.1) is 0 Å². The Hall–Kier alpha value is -2.82. The number of methoxy groups -OCH3 is 1. The first-order valence-electron chi connectivity index (χ1n) is 8.83. The minimum absolute atomic E-state index is 0.0348. The summed E-state index contributed by atoms with van der Waals surface area (Å²) in [5, 5.41) is 3.01. The maximum atomic E-state index is 12.7. The van der Waals surface area contributed by atoms with Gasteiger partial charge in [-0.3, -0.25) is 9.59 Å². The molecule has 0 spiro atoms. The van der Waals surface area contributed by atoms with E-state index in [0.717, 1.165) is 22.7 Å². The molecule has 0 aliphatic carbocycles. The predicted molar refractivity (Wildman–Crippen MR) is 103 cm³/mol. The minimum Gasteiger partial charge on any atom is -0.497 e. The van der Waals surface area contributed by atoms with Crippen LogP contribution in [-0.4, -0.2) is 25.5 Å². The highest BCUT2D eigenvalue weighted by atomic mass is 16.5. The van der Waals surface area contributed by atoms with E-state index in [0.29, 0.717) is 12.5 Å². The van der Waals surface area contributed by atoms with Crippen LogP contribution < -0.4 is 15.0 Å². The molecule has 3 rings (SSSR count). The lowest BCUT2D eigenvalue weighted by molar-refractivity contribution is -0.122. The fourth-order valence-corrected chi connectivity index (χ4v) is 3.24. The summed E-state index contributed by atoms with van der Waals surface area (Å²) >= 11 is 0. The Bertz CT molecular complexity index is 799. The second-order valence-corrected chi connectivity index (χ2v) is 6.83. The average molecular weight is 352 g/mol. The molecule has 2 amide bonds. The van der Waals surface area contributed by atoms with Crippen LogP contribution in [0, 0.1) is 5.92 Å². The van der Waals surface area contributed by atoms with Crippen molar-refractivity contribution in [3.8, 4) is 5.75 Å². The molecule has 1 aliphatic rings. The van der Waals surface area contributed by atoms with Crippen molar-refractivity contribution in [3.05, 3.63) is 54.1 Å². The molecule has 1 N–H and O–H groups in total. The quantitative estimate of drug-likeness (QED) is 0.890. The molecule has 5 heteroatoms. The highest BCUT2D eigenvalue weighted by Gasteiger charge is 2.35. The van der Waals surface area contributed by atoms with Crippen molar-refractivity contribution in [1.82, 2.24) is 0 Å². The van der Waals surface area contributed by atoms with Gasteiger partial charge in [-0.25, -0.2) is 0 Å². The van der Waals surface area contributed by atoms with E-state index in [4.69, 9.17) is 4.74 Å². The Balaban J connectivity index is 1.71. The van der Waals surface area contributed by atoms with Gasteiger partial charge in [0.2, 0.25) is 11.8 Å². The number of hydrogen-bond acceptors (Lipinski definition) is 3. The zero-order valence-electron chi connectivity index (χ0n) is 15.4. The van der Waals surface area contributed by atoms with Crippen LogP contribution in [0.2, 0.25) is 0 Å². The number of amides is 2. The molecule has 1 saturated heterocycles. The van der Waals surface area contributed by atoms with Crippen LogP contribution >= 0.6 is 0 Å². The largest absolute Gasteiger partial charge is 0.497 e. The molecule has 1 fully saturated rings. The fourth-order valence-electron chi connectivity index (χ4n) is 3.24. The van der Waals surface area contributed by atoms with Gasteiger partial charge in [-0.2, -0.15) is 0 Å². The summed E-state index contributed by atoms with van der Waals surface area (Å²) in [5.74, 6) is 0.548. The van der Waals surface area contributed by atoms with Gasteiger partial charge in [0, 0.05) is 24.3 Å². The van der Waals surface area contributed by atoms with Crippen LogP contribution in [0.25, 0.3) is 0 Å². The zero-order chi connectivity index (χ0) is 18.7. The molecular weight excluding hydrogens is 328 g/mol. The topological polar surface area (TPSA) is 58.6 Å². The maximum Gasteiger partial charge on any atom is 0.229 e. The normalized spacial score (nSPS) is 16.8. The Labute approximate surface area is 154 Å². The molecule has 0 radical (unpaired) electrons. The first-order chi connectivity index (χ1) is 12.5. The van der Waals surface area contributed by atoms with Crippen molar-refractivity contribution in [3.63, 3.8) is 0 Å². The van der Waals surface area contributed by atoms with E-state index in [1.54, 1.807) is 12.0 Å². The van der Waals surface area contributed by atoms with E-state index in [-0.39, 0.29) is 24.2 Å². The van der Waals surface area contributed by atoms with Crippen LogP contribution in [0.5, 0.6) is 5.75 Å². The van der Waals surface area contributed by atoms with E-state index >= 15 is 0 Å². The summed E-state index contributed by atoms with van der Waals surface area (Å²) in [6, 6.07) is 15.1. The van der Waals surface area contributed by atoms with Crippen molar-refractivity contribution < 1.29 is 14.3 Å². The number of ether oxygens (including phenoxy) is 1. The van der Waals surface area contributed by atoms with Gasteiger partial charge >= 0.3 is 0 Å². The van der Waals surface area contributed by atoms with E-state index in [1.165, 1.54) is 0 Å². The van der Waals surface area contributed by atoms with E-state index in [2.05, 4.69) is 19.2 Å². The lowest BCUT2D eigenvalue weighted by Gasteiger charge is -2.18. The average Bonchev–Trinajstić information content (AvgIpc) is 3.04. The second-order valence-electron chi connectivity index (χ2n) is 6.83. The number of hydrogen-bond donors (Lipinski definition) is 1. The van der Waals surface area contributed by atoms with Gasteiger partial charge in [0.25, 0.3) is 0 Å². The number of rotatable bonds is 5. The molecule has 1 atom stereocenters. The summed E-state index contributed by atoms with van der Waals surface area (Å²) < 4.78 is 5.15. The Morgan fingerprint density at radius 2 is 1.85 bits per heavy atom. The van der Waals surface area contributed by atoms with Gasteiger partial charge in [0.1, 0.15) is 5.75 Å². The zero-order valence-corrected chi connectivity index (χ0v) is 15.4. The number of benzene rings is 2. The number of nitrogens with one attached hydrogen (secondary N) is 1. The molecule has 0 bridgehead atoms. The highest BCUT2D eigenvalue weighted by molar-refractivity contribution is 6.03. The second kappa shape index (κ2) is 7.60. The van der Waals surface area contributed by atoms with Gasteiger partial charge in [-0.05, 0) is 41.8 Å². The van der Waals surface area contributed by atoms with Crippen LogP contribution in [0.15, 0.2) is 48.5 Å². The Morgan fingerprint density at radius 3 is 2.50 bits per heavy atom. The monoisotopic (exact) mass is 352 g/mol. The Morgan fingerprint density at radius 1 is 1.15 bits per heavy atom. The molecule has 1 heterocycles. The van der Waals surface area contributed by atoms with Crippen molar-refractivity contribution in [1.29, 1.82) is 0 Å². The van der Waals surface area contributed by atoms with Crippen molar-refractivity contribution in [2.24, 2.45) is 5.92 Å². The first-order valence-corrected chi connectivity index (χ1v) is 8.83. The molecule has 26 heavy (non-hydrogen) atoms. The standard InChI is InChI=1S/C21H24N2O3/c1-14(2)18-6-4-5-7-19(18)22-21(25)15-12-20(24)23(13-15)16-8-10-17(26-3)11-9-16/h4-11,14-15H,12-13H2,1-3H3,(H,22,25)/t15-/m1/s1. The number of para-hydroxylation sites is 1. The lowest BCUT2D eigenvalue weighted by atomic mass is 10.0. The Kier molecular flexibility index (Phi) is 5.26. The molecule has 2 aromatic carbocycles. The minimum atomic E-state index is -0.357. The SMILES string of the molecule is COc1ccc(N2C[C@H](C(=O)Nc3ccccc3C(C)C)CC2=O)cc1. The van der Waals surface area contributed by atoms with Gasteiger partial charge < -0.3 is 15.0 Å². The third-order valence-corrected chi connectivity index (χ3v) is 4.72. The third kappa shape index (κ3) is 3.72. The van der Waals surface area contributed by atoms with Gasteiger partial charge in [0.05, 0.1) is 13.0 Å². The molecule has 136 valence electrons. The fraction of sp³-hybridized carbons (Fsp3) is 0.333. The molecule has 5 nitrogen and oxygen atoms in total. The number of nitrogens with zero attached hydrogens (tertiary/aromatic N) is 1. The van der Waals surface area contributed by atoms with Crippen LogP contribution in [0.4, 0.5) is 11.4 Å². The van der Waals surface area contributed by atoms with Gasteiger partial charge in [-0.1, -0.05) is 32.0 Å². The van der Waals surface area contributed by atoms with E-state index in [1.807, 2.05) is 48.5 Å². The molecule has 0 aromatic heterocycles. The number of anilines is 2. The summed E-state index contributed by atoms with van der Waals surface area (Å²) in [5.41, 5.74) is 2.70. The molecule has 0 saturated carbocycles. The summed E-state index contributed by atoms with van der Waals surface area (Å²) in [6.07, 6.45) is 0.224. The van der Waals surface area contributed by atoms with Crippen LogP contribution in [0.1, 0.15) is 31.7 Å². The molecule has 1 aliphatic heterocycles. The third-order valence-electron chi connectivity index (χ3n) is 4.72. The first kappa shape index (κ1) is 18.0. The van der Waals surface area contributed by atoms with Crippen molar-refractivity contribution in [2.75, 3.05) is 23.9 Å². The summed E-state index contributed by atoms with van der Waals surface area (Å²) in [4.78, 5) is 26.8. The highest BCUT2D eigenvalue weighted by Crippen LogP contribution is 2.29.